The molecule has 21 heavy (non-hydrogen) atoms. The number of rotatable bonds is 2. The molecule has 4 atom stereocenters. The van der Waals surface area contributed by atoms with Gasteiger partial charge < -0.3 is 10.0 Å². The SMILES string of the molecule is CC1SCC(C(=O)O)N1C(=O)C1CCCCC1C(F)(F)F. The second-order valence-corrected chi connectivity index (χ2v) is 6.92. The smallest absolute Gasteiger partial charge is 0.392 e. The summed E-state index contributed by atoms with van der Waals surface area (Å²) >= 11 is 1.29. The van der Waals surface area contributed by atoms with Crippen LogP contribution in [0.1, 0.15) is 32.6 Å². The summed E-state index contributed by atoms with van der Waals surface area (Å²) in [5, 5.41) is 8.75. The number of alkyl halides is 3. The van der Waals surface area contributed by atoms with Gasteiger partial charge in [-0.05, 0) is 19.8 Å². The van der Waals surface area contributed by atoms with Crippen molar-refractivity contribution in [2.24, 2.45) is 11.8 Å². The quantitative estimate of drug-likeness (QED) is 0.848. The molecule has 2 fully saturated rings. The Morgan fingerprint density at radius 2 is 1.86 bits per heavy atom. The highest BCUT2D eigenvalue weighted by Gasteiger charge is 2.51. The highest BCUT2D eigenvalue weighted by atomic mass is 32.2. The van der Waals surface area contributed by atoms with Gasteiger partial charge in [0.15, 0.2) is 0 Å². The molecule has 1 saturated carbocycles. The first-order valence-corrected chi connectivity index (χ1v) is 8.01. The first-order valence-electron chi connectivity index (χ1n) is 6.96. The Morgan fingerprint density at radius 1 is 1.24 bits per heavy atom. The average Bonchev–Trinajstić information content (AvgIpc) is 2.79. The van der Waals surface area contributed by atoms with Gasteiger partial charge >= 0.3 is 12.1 Å². The number of nitrogens with zero attached hydrogens (tertiary/aromatic N) is 1. The summed E-state index contributed by atoms with van der Waals surface area (Å²) < 4.78 is 39.3. The maximum atomic E-state index is 13.1. The van der Waals surface area contributed by atoms with Crippen LogP contribution in [-0.2, 0) is 9.59 Å². The van der Waals surface area contributed by atoms with Crippen LogP contribution in [0, 0.1) is 11.8 Å². The Labute approximate surface area is 125 Å². The molecule has 4 nitrogen and oxygen atoms in total. The molecule has 0 aromatic heterocycles. The lowest BCUT2D eigenvalue weighted by molar-refractivity contribution is -0.201. The minimum absolute atomic E-state index is 0.0486. The topological polar surface area (TPSA) is 57.6 Å². The van der Waals surface area contributed by atoms with Crippen molar-refractivity contribution in [3.63, 3.8) is 0 Å². The van der Waals surface area contributed by atoms with Gasteiger partial charge in [-0.2, -0.15) is 13.2 Å². The minimum Gasteiger partial charge on any atom is -0.480 e. The van der Waals surface area contributed by atoms with Gasteiger partial charge in [-0.1, -0.05) is 12.8 Å². The van der Waals surface area contributed by atoms with Crippen LogP contribution in [0.4, 0.5) is 13.2 Å². The van der Waals surface area contributed by atoms with Crippen molar-refractivity contribution in [2.45, 2.75) is 50.2 Å². The number of amides is 1. The van der Waals surface area contributed by atoms with Crippen molar-refractivity contribution in [3.8, 4) is 0 Å². The zero-order valence-electron chi connectivity index (χ0n) is 11.6. The molecule has 0 spiro atoms. The molecule has 120 valence electrons. The molecule has 1 N–H and O–H groups in total. The van der Waals surface area contributed by atoms with Crippen molar-refractivity contribution in [1.29, 1.82) is 0 Å². The molecule has 0 aromatic carbocycles. The van der Waals surface area contributed by atoms with Crippen molar-refractivity contribution in [1.82, 2.24) is 4.90 Å². The molecule has 8 heteroatoms. The predicted octanol–water partition coefficient (Wildman–Crippen LogP) is 2.73. The maximum Gasteiger partial charge on any atom is 0.392 e. The van der Waals surface area contributed by atoms with Crippen LogP contribution in [-0.4, -0.2) is 45.2 Å². The van der Waals surface area contributed by atoms with E-state index in [-0.39, 0.29) is 18.6 Å². The summed E-state index contributed by atoms with van der Waals surface area (Å²) in [4.78, 5) is 24.9. The van der Waals surface area contributed by atoms with E-state index in [1.54, 1.807) is 6.92 Å². The van der Waals surface area contributed by atoms with Crippen LogP contribution in [0.2, 0.25) is 0 Å². The third-order valence-corrected chi connectivity index (χ3v) is 5.48. The fourth-order valence-corrected chi connectivity index (χ4v) is 4.35. The van der Waals surface area contributed by atoms with Crippen LogP contribution < -0.4 is 0 Å². The molecule has 1 heterocycles. The van der Waals surface area contributed by atoms with Gasteiger partial charge in [-0.25, -0.2) is 4.79 Å². The van der Waals surface area contributed by atoms with E-state index in [1.165, 1.54) is 11.8 Å². The Hall–Kier alpha value is -0.920. The van der Waals surface area contributed by atoms with Gasteiger partial charge in [0.2, 0.25) is 5.91 Å². The summed E-state index contributed by atoms with van der Waals surface area (Å²) in [5.41, 5.74) is 0. The van der Waals surface area contributed by atoms with Gasteiger partial charge in [-0.3, -0.25) is 4.79 Å². The molecular formula is C13H18F3NO3S. The summed E-state index contributed by atoms with van der Waals surface area (Å²) in [6.45, 7) is 1.66. The lowest BCUT2D eigenvalue weighted by Crippen LogP contribution is -2.51. The van der Waals surface area contributed by atoms with E-state index in [9.17, 15) is 22.8 Å². The second kappa shape index (κ2) is 6.06. The number of aliphatic carboxylic acids is 1. The van der Waals surface area contributed by atoms with Crippen molar-refractivity contribution in [3.05, 3.63) is 0 Å². The second-order valence-electron chi connectivity index (χ2n) is 5.57. The number of carbonyl (C=O) groups is 2. The van der Waals surface area contributed by atoms with Crippen molar-refractivity contribution < 1.29 is 27.9 Å². The first-order chi connectivity index (χ1) is 9.73. The van der Waals surface area contributed by atoms with E-state index in [0.29, 0.717) is 12.8 Å². The number of carboxylic acid groups (broad SMARTS) is 1. The molecule has 0 bridgehead atoms. The first kappa shape index (κ1) is 16.5. The van der Waals surface area contributed by atoms with E-state index in [2.05, 4.69) is 0 Å². The largest absolute Gasteiger partial charge is 0.480 e. The van der Waals surface area contributed by atoms with E-state index in [0.717, 1.165) is 4.90 Å². The van der Waals surface area contributed by atoms with Gasteiger partial charge in [0.05, 0.1) is 11.3 Å². The predicted molar refractivity (Wildman–Crippen MR) is 71.7 cm³/mol. The fraction of sp³-hybridized carbons (Fsp3) is 0.846. The van der Waals surface area contributed by atoms with Crippen LogP contribution in [0.15, 0.2) is 0 Å². The monoisotopic (exact) mass is 325 g/mol. The lowest BCUT2D eigenvalue weighted by Gasteiger charge is -2.36. The van der Waals surface area contributed by atoms with Crippen molar-refractivity contribution >= 4 is 23.6 Å². The Kier molecular flexibility index (Phi) is 4.75. The zero-order chi connectivity index (χ0) is 15.8. The molecular weight excluding hydrogens is 307 g/mol. The molecule has 2 rings (SSSR count). The summed E-state index contributed by atoms with van der Waals surface area (Å²) in [6.07, 6.45) is -3.23. The normalized spacial score (nSPS) is 34.0. The summed E-state index contributed by atoms with van der Waals surface area (Å²) in [5.74, 6) is -4.36. The Morgan fingerprint density at radius 3 is 2.43 bits per heavy atom. The number of hydrogen-bond acceptors (Lipinski definition) is 3. The molecule has 1 aliphatic carbocycles. The third kappa shape index (κ3) is 3.30. The van der Waals surface area contributed by atoms with E-state index < -0.39 is 41.3 Å². The fourth-order valence-electron chi connectivity index (χ4n) is 3.18. The number of hydrogen-bond donors (Lipinski definition) is 1. The average molecular weight is 325 g/mol. The molecule has 1 aliphatic heterocycles. The lowest BCUT2D eigenvalue weighted by atomic mass is 9.77. The van der Waals surface area contributed by atoms with Gasteiger partial charge in [0.25, 0.3) is 0 Å². The molecule has 0 aromatic rings. The van der Waals surface area contributed by atoms with E-state index >= 15 is 0 Å². The number of halogens is 3. The standard InChI is InChI=1S/C13H18F3NO3S/c1-7-17(10(6-21-7)12(19)20)11(18)8-4-2-3-5-9(8)13(14,15)16/h7-10H,2-6H2,1H3,(H,19,20). The highest BCUT2D eigenvalue weighted by Crippen LogP contribution is 2.43. The highest BCUT2D eigenvalue weighted by molar-refractivity contribution is 8.00. The molecule has 2 aliphatic rings. The number of carboxylic acids is 1. The van der Waals surface area contributed by atoms with E-state index in [4.69, 9.17) is 5.11 Å². The summed E-state index contributed by atoms with van der Waals surface area (Å²) in [6, 6.07) is -1.02. The van der Waals surface area contributed by atoms with Crippen molar-refractivity contribution in [2.75, 3.05) is 5.75 Å². The molecule has 1 amide bonds. The van der Waals surface area contributed by atoms with E-state index in [1.807, 2.05) is 0 Å². The van der Waals surface area contributed by atoms with Crippen LogP contribution >= 0.6 is 11.8 Å². The molecule has 1 saturated heterocycles. The van der Waals surface area contributed by atoms with Crippen LogP contribution in [0.25, 0.3) is 0 Å². The number of carbonyl (C=O) groups excluding carboxylic acids is 1. The van der Waals surface area contributed by atoms with Gasteiger partial charge in [0.1, 0.15) is 6.04 Å². The van der Waals surface area contributed by atoms with Gasteiger partial charge in [0, 0.05) is 11.7 Å². The Bertz CT molecular complexity index is 429. The Balaban J connectivity index is 2.22. The molecule has 4 unspecified atom stereocenters. The maximum absolute atomic E-state index is 13.1. The van der Waals surface area contributed by atoms with Gasteiger partial charge in [-0.15, -0.1) is 11.8 Å². The number of thioether (sulfide) groups is 1. The minimum atomic E-state index is -4.41. The third-order valence-electron chi connectivity index (χ3n) is 4.27. The molecule has 0 radical (unpaired) electrons. The van der Waals surface area contributed by atoms with Crippen LogP contribution in [0.3, 0.4) is 0 Å². The van der Waals surface area contributed by atoms with Crippen LogP contribution in [0.5, 0.6) is 0 Å². The zero-order valence-corrected chi connectivity index (χ0v) is 12.4. The summed E-state index contributed by atoms with van der Waals surface area (Å²) in [7, 11) is 0.